The topological polar surface area (TPSA) is 43.8 Å². The molecular formula is C9H14F2N2O2. The van der Waals surface area contributed by atoms with Crippen molar-refractivity contribution in [3.8, 4) is 0 Å². The second-order valence-corrected chi connectivity index (χ2v) is 4.15. The van der Waals surface area contributed by atoms with Gasteiger partial charge < -0.3 is 14.9 Å². The Morgan fingerprint density at radius 3 is 2.87 bits per heavy atom. The van der Waals surface area contributed by atoms with Gasteiger partial charge in [-0.05, 0) is 6.42 Å². The fourth-order valence-electron chi connectivity index (χ4n) is 2.25. The van der Waals surface area contributed by atoms with Crippen molar-refractivity contribution in [1.29, 1.82) is 0 Å². The van der Waals surface area contributed by atoms with Gasteiger partial charge in [0, 0.05) is 26.1 Å². The van der Waals surface area contributed by atoms with E-state index in [1.54, 1.807) is 0 Å². The van der Waals surface area contributed by atoms with Crippen molar-refractivity contribution in [3.05, 3.63) is 0 Å². The predicted octanol–water partition coefficient (Wildman–Crippen LogP) is 0.514. The number of halogens is 2. The molecule has 0 aliphatic carbocycles. The number of amides is 2. The lowest BCUT2D eigenvalue weighted by Crippen LogP contribution is -2.35. The van der Waals surface area contributed by atoms with Gasteiger partial charge in [-0.1, -0.05) is 0 Å². The zero-order valence-electron chi connectivity index (χ0n) is 8.33. The van der Waals surface area contributed by atoms with Crippen molar-refractivity contribution in [2.75, 3.05) is 26.2 Å². The van der Waals surface area contributed by atoms with Gasteiger partial charge in [0.15, 0.2) is 0 Å². The molecule has 2 amide bonds. The van der Waals surface area contributed by atoms with Crippen LogP contribution in [0, 0.1) is 0 Å². The van der Waals surface area contributed by atoms with E-state index in [9.17, 15) is 13.6 Å². The molecule has 0 spiro atoms. The van der Waals surface area contributed by atoms with E-state index in [4.69, 9.17) is 5.11 Å². The summed E-state index contributed by atoms with van der Waals surface area (Å²) in [6.45, 7) is 0.388. The first-order chi connectivity index (χ1) is 7.03. The van der Waals surface area contributed by atoms with Crippen LogP contribution < -0.4 is 0 Å². The van der Waals surface area contributed by atoms with E-state index < -0.39 is 12.5 Å². The van der Waals surface area contributed by atoms with Crippen LogP contribution in [0.1, 0.15) is 12.8 Å². The van der Waals surface area contributed by atoms with Crippen molar-refractivity contribution in [3.63, 3.8) is 0 Å². The number of aliphatic hydroxyl groups excluding tert-OH is 1. The van der Waals surface area contributed by atoms with Crippen LogP contribution in [0.15, 0.2) is 0 Å². The van der Waals surface area contributed by atoms with Gasteiger partial charge in [-0.2, -0.15) is 0 Å². The first-order valence-corrected chi connectivity index (χ1v) is 5.08. The molecule has 2 aliphatic heterocycles. The minimum Gasteiger partial charge on any atom is -0.396 e. The van der Waals surface area contributed by atoms with E-state index in [1.807, 2.05) is 0 Å². The van der Waals surface area contributed by atoms with Gasteiger partial charge in [-0.25, -0.2) is 13.6 Å². The van der Waals surface area contributed by atoms with Crippen LogP contribution in [0.5, 0.6) is 0 Å². The zero-order valence-corrected chi connectivity index (χ0v) is 8.33. The Kier molecular flexibility index (Phi) is 2.54. The number of rotatable bonds is 3. The molecule has 0 aromatic rings. The Morgan fingerprint density at radius 2 is 2.27 bits per heavy atom. The largest absolute Gasteiger partial charge is 0.396 e. The second-order valence-electron chi connectivity index (χ2n) is 4.15. The third kappa shape index (κ3) is 1.90. The fraction of sp³-hybridized carbons (Fsp3) is 0.889. The van der Waals surface area contributed by atoms with Gasteiger partial charge in [-0.15, -0.1) is 0 Å². The summed E-state index contributed by atoms with van der Waals surface area (Å²) in [6.07, 6.45) is 0.275. The molecule has 1 N–H and O–H groups in total. The van der Waals surface area contributed by atoms with Crippen molar-refractivity contribution in [2.45, 2.75) is 24.8 Å². The third-order valence-electron chi connectivity index (χ3n) is 2.91. The highest BCUT2D eigenvalue weighted by atomic mass is 19.3. The molecule has 0 radical (unpaired) electrons. The summed E-state index contributed by atoms with van der Waals surface area (Å²) in [5, 5.41) is 8.63. The normalized spacial score (nSPS) is 28.7. The van der Waals surface area contributed by atoms with Gasteiger partial charge in [0.25, 0.3) is 5.92 Å². The minimum atomic E-state index is -2.72. The lowest BCUT2D eigenvalue weighted by Gasteiger charge is -2.18. The maximum Gasteiger partial charge on any atom is 0.320 e. The molecule has 2 fully saturated rings. The molecule has 4 nitrogen and oxygen atoms in total. The van der Waals surface area contributed by atoms with Crippen LogP contribution in [-0.4, -0.2) is 59.1 Å². The van der Waals surface area contributed by atoms with Crippen molar-refractivity contribution in [1.82, 2.24) is 9.80 Å². The molecule has 0 aromatic carbocycles. The quantitative estimate of drug-likeness (QED) is 0.753. The molecule has 0 aromatic heterocycles. The van der Waals surface area contributed by atoms with Gasteiger partial charge >= 0.3 is 6.03 Å². The van der Waals surface area contributed by atoms with Crippen LogP contribution in [0.2, 0.25) is 0 Å². The number of carbonyl (C=O) groups is 1. The third-order valence-corrected chi connectivity index (χ3v) is 2.91. The van der Waals surface area contributed by atoms with Crippen LogP contribution in [0.4, 0.5) is 13.6 Å². The number of hydrogen-bond acceptors (Lipinski definition) is 2. The predicted molar refractivity (Wildman–Crippen MR) is 48.7 cm³/mol. The Balaban J connectivity index is 1.96. The number of fused-ring (bicyclic) bond motifs is 1. The van der Waals surface area contributed by atoms with Crippen molar-refractivity contribution in [2.24, 2.45) is 0 Å². The molecule has 2 heterocycles. The Morgan fingerprint density at radius 1 is 1.53 bits per heavy atom. The van der Waals surface area contributed by atoms with Crippen molar-refractivity contribution >= 4 is 6.03 Å². The summed E-state index contributed by atoms with van der Waals surface area (Å²) in [6, 6.07) is -0.656. The molecule has 1 atom stereocenters. The standard InChI is InChI=1S/C9H14F2N2O2/c10-9(11)4-7-5-12(2-1-3-14)8(15)13(7)6-9/h7,14H,1-6H2. The number of carbonyl (C=O) groups excluding carboxylic acids is 1. The first-order valence-electron chi connectivity index (χ1n) is 5.08. The first kappa shape index (κ1) is 10.6. The van der Waals surface area contributed by atoms with Crippen LogP contribution in [0.3, 0.4) is 0 Å². The maximum absolute atomic E-state index is 13.0. The lowest BCUT2D eigenvalue weighted by atomic mass is 10.2. The molecule has 0 bridgehead atoms. The van der Waals surface area contributed by atoms with E-state index in [-0.39, 0.29) is 25.1 Å². The number of urea groups is 1. The molecule has 6 heteroatoms. The molecule has 2 rings (SSSR count). The van der Waals surface area contributed by atoms with Gasteiger partial charge in [0.2, 0.25) is 0 Å². The highest BCUT2D eigenvalue weighted by molar-refractivity contribution is 5.77. The SMILES string of the molecule is O=C1N(CCCO)CC2CC(F)(F)CN12. The summed E-state index contributed by atoms with van der Waals surface area (Å²) in [7, 11) is 0. The summed E-state index contributed by atoms with van der Waals surface area (Å²) in [5.41, 5.74) is 0. The summed E-state index contributed by atoms with van der Waals surface area (Å²) >= 11 is 0. The summed E-state index contributed by atoms with van der Waals surface area (Å²) in [5.74, 6) is -2.72. The fourth-order valence-corrected chi connectivity index (χ4v) is 2.25. The molecule has 2 aliphatic rings. The smallest absolute Gasteiger partial charge is 0.320 e. The van der Waals surface area contributed by atoms with Crippen molar-refractivity contribution < 1.29 is 18.7 Å². The summed E-state index contributed by atoms with van der Waals surface area (Å²) < 4.78 is 25.9. The molecule has 1 unspecified atom stereocenters. The monoisotopic (exact) mass is 220 g/mol. The molecule has 86 valence electrons. The average molecular weight is 220 g/mol. The van der Waals surface area contributed by atoms with Gasteiger partial charge in [0.1, 0.15) is 0 Å². The van der Waals surface area contributed by atoms with E-state index in [2.05, 4.69) is 0 Å². The molecule has 15 heavy (non-hydrogen) atoms. The van der Waals surface area contributed by atoms with Crippen LogP contribution in [-0.2, 0) is 0 Å². The van der Waals surface area contributed by atoms with Gasteiger partial charge in [-0.3, -0.25) is 0 Å². The number of hydrogen-bond donors (Lipinski definition) is 1. The van der Waals surface area contributed by atoms with E-state index in [0.29, 0.717) is 19.5 Å². The maximum atomic E-state index is 13.0. The number of nitrogens with zero attached hydrogens (tertiary/aromatic N) is 2. The average Bonchev–Trinajstić information content (AvgIpc) is 2.58. The second kappa shape index (κ2) is 3.59. The lowest BCUT2D eigenvalue weighted by molar-refractivity contribution is 0.0115. The summed E-state index contributed by atoms with van der Waals surface area (Å²) in [4.78, 5) is 14.4. The highest BCUT2D eigenvalue weighted by Gasteiger charge is 2.52. The Hall–Kier alpha value is -0.910. The number of alkyl halides is 2. The van der Waals surface area contributed by atoms with Crippen LogP contribution in [0.25, 0.3) is 0 Å². The molecule has 0 saturated carbocycles. The van der Waals surface area contributed by atoms with Crippen LogP contribution >= 0.6 is 0 Å². The Labute approximate surface area is 86.5 Å². The van der Waals surface area contributed by atoms with E-state index in [0.717, 1.165) is 0 Å². The highest BCUT2D eigenvalue weighted by Crippen LogP contribution is 2.36. The number of aliphatic hydroxyl groups is 1. The Bertz CT molecular complexity index is 273. The van der Waals surface area contributed by atoms with Gasteiger partial charge in [0.05, 0.1) is 12.6 Å². The molecular weight excluding hydrogens is 206 g/mol. The zero-order chi connectivity index (χ0) is 11.1. The minimum absolute atomic E-state index is 0.0185. The van der Waals surface area contributed by atoms with E-state index >= 15 is 0 Å². The van der Waals surface area contributed by atoms with E-state index in [1.165, 1.54) is 9.80 Å². The molecule has 2 saturated heterocycles.